The first kappa shape index (κ1) is 33.2. The van der Waals surface area contributed by atoms with Crippen LogP contribution in [-0.2, 0) is 4.74 Å². The summed E-state index contributed by atoms with van der Waals surface area (Å²) >= 11 is 0. The van der Waals surface area contributed by atoms with E-state index in [0.717, 1.165) is 12.8 Å². The lowest BCUT2D eigenvalue weighted by Crippen LogP contribution is -2.12. The molecule has 212 valence electrons. The minimum absolute atomic E-state index is 0.00292. The van der Waals surface area contributed by atoms with Crippen molar-refractivity contribution in [1.82, 2.24) is 0 Å². The molecule has 1 aromatic carbocycles. The van der Waals surface area contributed by atoms with E-state index in [-0.39, 0.29) is 11.1 Å². The van der Waals surface area contributed by atoms with Crippen LogP contribution in [0.4, 0.5) is 0 Å². The van der Waals surface area contributed by atoms with Gasteiger partial charge >= 0.3 is 11.9 Å². The van der Waals surface area contributed by atoms with Gasteiger partial charge in [0, 0.05) is 0 Å². The van der Waals surface area contributed by atoms with Gasteiger partial charge in [-0.2, -0.15) is 0 Å². The zero-order valence-electron chi connectivity index (χ0n) is 24.0. The van der Waals surface area contributed by atoms with Crippen LogP contribution in [0.2, 0.25) is 0 Å². The Bertz CT molecular complexity index is 685. The molecule has 1 aromatic rings. The standard InChI is InChI=1S/C33H56O4/c1-2-3-4-5-6-7-8-9-10-11-12-13-14-15-16-17-18-19-20-21-22-23-26-29-37-33(36)31-28-25-24-27-30(31)32(34)35/h24-25,27-28H,2-23,26,29H2,1H3,(H,34,35). The molecule has 0 atom stereocenters. The maximum Gasteiger partial charge on any atom is 0.339 e. The second-order valence-corrected chi connectivity index (χ2v) is 10.8. The first-order valence-corrected chi connectivity index (χ1v) is 15.7. The van der Waals surface area contributed by atoms with Gasteiger partial charge in [0.2, 0.25) is 0 Å². The first-order valence-electron chi connectivity index (χ1n) is 15.7. The van der Waals surface area contributed by atoms with Crippen LogP contribution in [0.1, 0.15) is 175 Å². The average Bonchev–Trinajstić information content (AvgIpc) is 2.91. The number of benzene rings is 1. The first-order chi connectivity index (χ1) is 18.2. The van der Waals surface area contributed by atoms with Crippen LogP contribution in [0.25, 0.3) is 0 Å². The smallest absolute Gasteiger partial charge is 0.339 e. The van der Waals surface area contributed by atoms with Crippen LogP contribution in [0.15, 0.2) is 24.3 Å². The molecular weight excluding hydrogens is 460 g/mol. The van der Waals surface area contributed by atoms with Crippen molar-refractivity contribution in [2.75, 3.05) is 6.61 Å². The minimum atomic E-state index is -1.10. The van der Waals surface area contributed by atoms with Gasteiger partial charge in [0.15, 0.2) is 0 Å². The molecular formula is C33H56O4. The second-order valence-electron chi connectivity index (χ2n) is 10.8. The molecule has 1 N–H and O–H groups in total. The van der Waals surface area contributed by atoms with Crippen LogP contribution < -0.4 is 0 Å². The molecule has 0 aromatic heterocycles. The van der Waals surface area contributed by atoms with Crippen LogP contribution in [-0.4, -0.2) is 23.7 Å². The van der Waals surface area contributed by atoms with Crippen molar-refractivity contribution in [2.45, 2.75) is 155 Å². The third-order valence-electron chi connectivity index (χ3n) is 7.36. The third kappa shape index (κ3) is 19.0. The van der Waals surface area contributed by atoms with E-state index < -0.39 is 11.9 Å². The minimum Gasteiger partial charge on any atom is -0.478 e. The highest BCUT2D eigenvalue weighted by Gasteiger charge is 2.16. The highest BCUT2D eigenvalue weighted by molar-refractivity contribution is 6.02. The normalized spacial score (nSPS) is 11.1. The van der Waals surface area contributed by atoms with Crippen LogP contribution in [0, 0.1) is 0 Å². The fraction of sp³-hybridized carbons (Fsp3) is 0.758. The molecule has 0 spiro atoms. The number of carboxylic acids is 1. The van der Waals surface area contributed by atoms with Crippen molar-refractivity contribution in [3.63, 3.8) is 0 Å². The van der Waals surface area contributed by atoms with Gasteiger partial charge < -0.3 is 9.84 Å². The number of esters is 1. The molecule has 4 heteroatoms. The summed E-state index contributed by atoms with van der Waals surface area (Å²) in [4.78, 5) is 23.3. The van der Waals surface area contributed by atoms with Crippen LogP contribution in [0.5, 0.6) is 0 Å². The summed E-state index contributed by atoms with van der Waals surface area (Å²) in [7, 11) is 0. The van der Waals surface area contributed by atoms with Crippen LogP contribution >= 0.6 is 0 Å². The van der Waals surface area contributed by atoms with Gasteiger partial charge in [-0.05, 0) is 18.6 Å². The lowest BCUT2D eigenvalue weighted by Gasteiger charge is -2.07. The molecule has 0 amide bonds. The summed E-state index contributed by atoms with van der Waals surface area (Å²) < 4.78 is 5.26. The molecule has 0 heterocycles. The number of unbranched alkanes of at least 4 members (excludes halogenated alkanes) is 22. The maximum atomic E-state index is 12.1. The summed E-state index contributed by atoms with van der Waals surface area (Å²) in [6, 6.07) is 6.20. The zero-order valence-corrected chi connectivity index (χ0v) is 24.0. The van der Waals surface area contributed by atoms with Crippen molar-refractivity contribution in [3.05, 3.63) is 35.4 Å². The number of aromatic carboxylic acids is 1. The van der Waals surface area contributed by atoms with Gasteiger partial charge in [-0.3, -0.25) is 0 Å². The Hall–Kier alpha value is -1.84. The van der Waals surface area contributed by atoms with E-state index in [2.05, 4.69) is 6.92 Å². The van der Waals surface area contributed by atoms with Gasteiger partial charge in [0.25, 0.3) is 0 Å². The fourth-order valence-electron chi connectivity index (χ4n) is 4.98. The Morgan fingerprint density at radius 2 is 0.865 bits per heavy atom. The molecule has 0 unspecified atom stereocenters. The topological polar surface area (TPSA) is 63.6 Å². The molecule has 0 aliphatic rings. The summed E-state index contributed by atoms with van der Waals surface area (Å²) in [6.07, 6.45) is 31.1. The number of carboxylic acid groups (broad SMARTS) is 1. The predicted molar refractivity (Wildman–Crippen MR) is 156 cm³/mol. The largest absolute Gasteiger partial charge is 0.478 e. The number of carbonyl (C=O) groups excluding carboxylic acids is 1. The van der Waals surface area contributed by atoms with E-state index in [0.29, 0.717) is 6.61 Å². The highest BCUT2D eigenvalue weighted by atomic mass is 16.5. The molecule has 0 radical (unpaired) electrons. The average molecular weight is 517 g/mol. The van der Waals surface area contributed by atoms with E-state index in [1.165, 1.54) is 147 Å². The Balaban J connectivity index is 1.77. The van der Waals surface area contributed by atoms with E-state index in [1.54, 1.807) is 12.1 Å². The molecule has 0 bridgehead atoms. The van der Waals surface area contributed by atoms with Crippen molar-refractivity contribution in [3.8, 4) is 0 Å². The van der Waals surface area contributed by atoms with Crippen molar-refractivity contribution in [2.24, 2.45) is 0 Å². The van der Waals surface area contributed by atoms with E-state index in [9.17, 15) is 9.59 Å². The maximum absolute atomic E-state index is 12.1. The summed E-state index contributed by atoms with van der Waals surface area (Å²) in [5.74, 6) is -1.65. The number of hydrogen-bond donors (Lipinski definition) is 1. The van der Waals surface area contributed by atoms with E-state index >= 15 is 0 Å². The Morgan fingerprint density at radius 1 is 0.541 bits per heavy atom. The molecule has 0 saturated carbocycles. The zero-order chi connectivity index (χ0) is 26.8. The second kappa shape index (κ2) is 24.5. The summed E-state index contributed by atoms with van der Waals surface area (Å²) in [6.45, 7) is 2.64. The van der Waals surface area contributed by atoms with Crippen LogP contribution in [0.3, 0.4) is 0 Å². The Morgan fingerprint density at radius 3 is 1.22 bits per heavy atom. The lowest BCUT2D eigenvalue weighted by molar-refractivity contribution is 0.0487. The number of hydrogen-bond acceptors (Lipinski definition) is 3. The van der Waals surface area contributed by atoms with E-state index in [1.807, 2.05) is 0 Å². The summed E-state index contributed by atoms with van der Waals surface area (Å²) in [5, 5.41) is 9.17. The predicted octanol–water partition coefficient (Wildman–Crippen LogP) is 10.5. The van der Waals surface area contributed by atoms with Crippen molar-refractivity contribution >= 4 is 11.9 Å². The van der Waals surface area contributed by atoms with Gasteiger partial charge in [-0.15, -0.1) is 0 Å². The SMILES string of the molecule is CCCCCCCCCCCCCCCCCCCCCCCCCOC(=O)c1ccccc1C(=O)O. The van der Waals surface area contributed by atoms with Crippen molar-refractivity contribution < 1.29 is 19.4 Å². The molecule has 1 rings (SSSR count). The van der Waals surface area contributed by atoms with Gasteiger partial charge in [-0.25, -0.2) is 9.59 Å². The number of ether oxygens (including phenoxy) is 1. The van der Waals surface area contributed by atoms with Gasteiger partial charge in [0.05, 0.1) is 17.7 Å². The van der Waals surface area contributed by atoms with Gasteiger partial charge in [-0.1, -0.05) is 160 Å². The number of carbonyl (C=O) groups is 2. The van der Waals surface area contributed by atoms with E-state index in [4.69, 9.17) is 9.84 Å². The molecule has 4 nitrogen and oxygen atoms in total. The highest BCUT2D eigenvalue weighted by Crippen LogP contribution is 2.16. The monoisotopic (exact) mass is 516 g/mol. The lowest BCUT2D eigenvalue weighted by atomic mass is 10.0. The molecule has 0 aliphatic heterocycles. The molecule has 37 heavy (non-hydrogen) atoms. The molecule has 0 aliphatic carbocycles. The van der Waals surface area contributed by atoms with Crippen molar-refractivity contribution in [1.29, 1.82) is 0 Å². The molecule has 0 saturated heterocycles. The summed E-state index contributed by atoms with van der Waals surface area (Å²) in [5.41, 5.74) is 0.126. The molecule has 0 fully saturated rings. The Labute approximate surface area is 228 Å². The Kier molecular flexibility index (Phi) is 22.0. The quantitative estimate of drug-likeness (QED) is 0.0982. The fourth-order valence-corrected chi connectivity index (χ4v) is 4.98. The third-order valence-corrected chi connectivity index (χ3v) is 7.36. The van der Waals surface area contributed by atoms with Gasteiger partial charge in [0.1, 0.15) is 0 Å². The number of rotatable bonds is 26.